The van der Waals surface area contributed by atoms with Crippen molar-refractivity contribution in [3.8, 4) is 5.95 Å². The van der Waals surface area contributed by atoms with Gasteiger partial charge in [0.1, 0.15) is 5.82 Å². The molecule has 1 fully saturated rings. The first kappa shape index (κ1) is 21.8. The normalized spacial score (nSPS) is 17.7. The van der Waals surface area contributed by atoms with Crippen LogP contribution in [0.15, 0.2) is 54.6 Å². The summed E-state index contributed by atoms with van der Waals surface area (Å²) in [7, 11) is 0. The quantitative estimate of drug-likeness (QED) is 0.417. The second kappa shape index (κ2) is 8.79. The third kappa shape index (κ3) is 3.94. The van der Waals surface area contributed by atoms with Crippen molar-refractivity contribution in [3.63, 3.8) is 0 Å². The maximum Gasteiger partial charge on any atom is 0.249 e. The van der Waals surface area contributed by atoms with Gasteiger partial charge in [-0.05, 0) is 37.1 Å². The Morgan fingerprint density at radius 2 is 2.03 bits per heavy atom. The zero-order chi connectivity index (χ0) is 23.9. The maximum absolute atomic E-state index is 12.0. The summed E-state index contributed by atoms with van der Waals surface area (Å²) in [5, 5.41) is 7.95. The Morgan fingerprint density at radius 3 is 2.86 bits per heavy atom. The second-order valence-corrected chi connectivity index (χ2v) is 9.39. The van der Waals surface area contributed by atoms with Crippen LogP contribution in [0, 0.1) is 6.92 Å². The van der Waals surface area contributed by atoms with Crippen molar-refractivity contribution in [3.05, 3.63) is 82.7 Å². The summed E-state index contributed by atoms with van der Waals surface area (Å²) in [6, 6.07) is 18.4. The SMILES string of the molecule is Cc1cc2c(C(N)=O)cccc2n1-c1nc2c(c(NCc3ccccc3)n1)CC1CNCCN1C2. The number of hydrogen-bond acceptors (Lipinski definition) is 6. The fourth-order valence-electron chi connectivity index (χ4n) is 5.37. The molecule has 0 spiro atoms. The van der Waals surface area contributed by atoms with Crippen LogP contribution in [0.1, 0.15) is 32.9 Å². The summed E-state index contributed by atoms with van der Waals surface area (Å²) < 4.78 is 2.03. The number of primary amides is 1. The molecule has 6 rings (SSSR count). The fourth-order valence-corrected chi connectivity index (χ4v) is 5.37. The molecule has 2 aliphatic rings. The van der Waals surface area contributed by atoms with Crippen LogP contribution in [0.25, 0.3) is 16.9 Å². The first-order valence-corrected chi connectivity index (χ1v) is 12.1. The van der Waals surface area contributed by atoms with E-state index in [-0.39, 0.29) is 0 Å². The molecule has 2 aliphatic heterocycles. The highest BCUT2D eigenvalue weighted by molar-refractivity contribution is 6.06. The van der Waals surface area contributed by atoms with Gasteiger partial charge in [-0.1, -0.05) is 36.4 Å². The average Bonchev–Trinajstić information content (AvgIpc) is 3.22. The lowest BCUT2D eigenvalue weighted by atomic mass is 9.96. The minimum Gasteiger partial charge on any atom is -0.366 e. The van der Waals surface area contributed by atoms with E-state index in [2.05, 4.69) is 39.8 Å². The van der Waals surface area contributed by atoms with Crippen LogP contribution in [-0.4, -0.2) is 51.0 Å². The molecule has 35 heavy (non-hydrogen) atoms. The van der Waals surface area contributed by atoms with Gasteiger partial charge in [0, 0.05) is 61.0 Å². The van der Waals surface area contributed by atoms with Gasteiger partial charge < -0.3 is 16.4 Å². The first-order chi connectivity index (χ1) is 17.1. The standard InChI is InChI=1S/C27H29N7O/c1-17-12-21-20(25(28)35)8-5-9-24(21)34(17)27-31-23-16-33-11-10-29-15-19(33)13-22(23)26(32-27)30-14-18-6-3-2-4-7-18/h2-9,12,19,29H,10-11,13-16H2,1H3,(H2,28,35)(H,30,31,32). The predicted octanol–water partition coefficient (Wildman–Crippen LogP) is 2.77. The summed E-state index contributed by atoms with van der Waals surface area (Å²) >= 11 is 0. The number of benzene rings is 2. The van der Waals surface area contributed by atoms with Crippen molar-refractivity contribution in [2.24, 2.45) is 5.73 Å². The number of hydrogen-bond donors (Lipinski definition) is 3. The minimum atomic E-state index is -0.436. The van der Waals surface area contributed by atoms with Gasteiger partial charge >= 0.3 is 0 Å². The van der Waals surface area contributed by atoms with Gasteiger partial charge in [0.2, 0.25) is 11.9 Å². The van der Waals surface area contributed by atoms with Gasteiger partial charge in [0.25, 0.3) is 0 Å². The molecule has 8 heteroatoms. The van der Waals surface area contributed by atoms with E-state index < -0.39 is 5.91 Å². The second-order valence-electron chi connectivity index (χ2n) is 9.39. The van der Waals surface area contributed by atoms with E-state index in [1.54, 1.807) is 6.07 Å². The summed E-state index contributed by atoms with van der Waals surface area (Å²) in [6.07, 6.45) is 0.914. The molecule has 2 aromatic heterocycles. The summed E-state index contributed by atoms with van der Waals surface area (Å²) in [5.41, 5.74) is 11.5. The lowest BCUT2D eigenvalue weighted by Crippen LogP contribution is -2.53. The summed E-state index contributed by atoms with van der Waals surface area (Å²) in [5.74, 6) is 1.06. The Kier molecular flexibility index (Phi) is 5.47. The Bertz CT molecular complexity index is 1410. The van der Waals surface area contributed by atoms with Crippen LogP contribution in [0.4, 0.5) is 5.82 Å². The van der Waals surface area contributed by atoms with Crippen molar-refractivity contribution in [2.75, 3.05) is 25.0 Å². The predicted molar refractivity (Wildman–Crippen MR) is 137 cm³/mol. The Balaban J connectivity index is 1.47. The molecule has 1 amide bonds. The molecule has 0 saturated carbocycles. The molecule has 0 radical (unpaired) electrons. The van der Waals surface area contributed by atoms with Crippen LogP contribution < -0.4 is 16.4 Å². The van der Waals surface area contributed by atoms with E-state index >= 15 is 0 Å². The summed E-state index contributed by atoms with van der Waals surface area (Å²) in [4.78, 5) is 24.7. The smallest absolute Gasteiger partial charge is 0.249 e. The number of amides is 1. The fraction of sp³-hybridized carbons (Fsp3) is 0.296. The summed E-state index contributed by atoms with van der Waals surface area (Å²) in [6.45, 7) is 6.51. The van der Waals surface area contributed by atoms with Gasteiger partial charge in [0.15, 0.2) is 0 Å². The zero-order valence-electron chi connectivity index (χ0n) is 19.8. The van der Waals surface area contributed by atoms with Gasteiger partial charge in [-0.3, -0.25) is 14.3 Å². The molecule has 0 bridgehead atoms. The van der Waals surface area contributed by atoms with Gasteiger partial charge in [-0.25, -0.2) is 4.98 Å². The highest BCUT2D eigenvalue weighted by Gasteiger charge is 2.32. The van der Waals surface area contributed by atoms with Gasteiger partial charge in [-0.2, -0.15) is 4.98 Å². The van der Waals surface area contributed by atoms with Gasteiger partial charge in [-0.15, -0.1) is 0 Å². The van der Waals surface area contributed by atoms with Crippen molar-refractivity contribution in [2.45, 2.75) is 32.5 Å². The van der Waals surface area contributed by atoms with E-state index in [1.807, 2.05) is 35.8 Å². The molecule has 0 aliphatic carbocycles. The Hall–Kier alpha value is -3.75. The van der Waals surface area contributed by atoms with Crippen molar-refractivity contribution in [1.82, 2.24) is 24.8 Å². The molecule has 2 aromatic carbocycles. The highest BCUT2D eigenvalue weighted by atomic mass is 16.1. The Labute approximate surface area is 204 Å². The van der Waals surface area contributed by atoms with Crippen LogP contribution >= 0.6 is 0 Å². The number of anilines is 1. The number of aromatic nitrogens is 3. The van der Waals surface area contributed by atoms with Gasteiger partial charge in [0.05, 0.1) is 11.2 Å². The Morgan fingerprint density at radius 1 is 1.17 bits per heavy atom. The van der Waals surface area contributed by atoms with Crippen molar-refractivity contribution in [1.29, 1.82) is 0 Å². The number of nitrogens with two attached hydrogens (primary N) is 1. The molecule has 1 atom stereocenters. The van der Waals surface area contributed by atoms with Crippen LogP contribution in [-0.2, 0) is 19.5 Å². The molecule has 4 heterocycles. The third-order valence-corrected chi connectivity index (χ3v) is 7.14. The van der Waals surface area contributed by atoms with E-state index in [4.69, 9.17) is 15.7 Å². The van der Waals surface area contributed by atoms with Crippen molar-refractivity contribution >= 4 is 22.6 Å². The molecular weight excluding hydrogens is 438 g/mol. The van der Waals surface area contributed by atoms with Crippen LogP contribution in [0.3, 0.4) is 0 Å². The molecular formula is C27H29N7O. The molecule has 1 saturated heterocycles. The number of aryl methyl sites for hydroxylation is 1. The minimum absolute atomic E-state index is 0.436. The lowest BCUT2D eigenvalue weighted by molar-refractivity contribution is 0.100. The van der Waals surface area contributed by atoms with E-state index in [0.29, 0.717) is 24.1 Å². The maximum atomic E-state index is 12.0. The number of rotatable bonds is 5. The van der Waals surface area contributed by atoms with Crippen molar-refractivity contribution < 1.29 is 4.79 Å². The van der Waals surface area contributed by atoms with E-state index in [9.17, 15) is 4.79 Å². The largest absolute Gasteiger partial charge is 0.366 e. The highest BCUT2D eigenvalue weighted by Crippen LogP contribution is 2.31. The molecule has 8 nitrogen and oxygen atoms in total. The molecule has 178 valence electrons. The monoisotopic (exact) mass is 467 g/mol. The van der Waals surface area contributed by atoms with E-state index in [0.717, 1.165) is 60.7 Å². The number of piperazine rings is 1. The van der Waals surface area contributed by atoms with Crippen LogP contribution in [0.5, 0.6) is 0 Å². The molecule has 4 N–H and O–H groups in total. The first-order valence-electron chi connectivity index (χ1n) is 12.1. The topological polar surface area (TPSA) is 101 Å². The average molecular weight is 468 g/mol. The van der Waals surface area contributed by atoms with E-state index in [1.165, 1.54) is 11.1 Å². The van der Waals surface area contributed by atoms with Crippen LogP contribution in [0.2, 0.25) is 0 Å². The molecule has 4 aromatic rings. The molecule has 1 unspecified atom stereocenters. The number of carbonyl (C=O) groups excluding carboxylic acids is 1. The zero-order valence-corrected chi connectivity index (χ0v) is 19.8. The number of nitrogens with zero attached hydrogens (tertiary/aromatic N) is 4. The third-order valence-electron chi connectivity index (χ3n) is 7.14. The number of carbonyl (C=O) groups is 1. The number of fused-ring (bicyclic) bond motifs is 3. The number of nitrogens with one attached hydrogen (secondary N) is 2. The lowest BCUT2D eigenvalue weighted by Gasteiger charge is -2.40.